The summed E-state index contributed by atoms with van der Waals surface area (Å²) in [7, 11) is 0. The molecule has 0 saturated heterocycles. The summed E-state index contributed by atoms with van der Waals surface area (Å²) in [5, 5.41) is 3.05. The summed E-state index contributed by atoms with van der Waals surface area (Å²) < 4.78 is 0. The second kappa shape index (κ2) is 6.24. The Labute approximate surface area is 100 Å². The molecule has 0 atom stereocenters. The molecule has 0 bridgehead atoms. The van der Waals surface area contributed by atoms with E-state index in [1.54, 1.807) is 0 Å². The topological polar surface area (TPSA) is 55.1 Å². The first-order chi connectivity index (χ1) is 7.37. The van der Waals surface area contributed by atoms with Crippen LogP contribution in [0.2, 0.25) is 0 Å². The van der Waals surface area contributed by atoms with Gasteiger partial charge in [-0.1, -0.05) is 34.6 Å². The van der Waals surface area contributed by atoms with Gasteiger partial charge in [0.15, 0.2) is 0 Å². The van der Waals surface area contributed by atoms with Crippen LogP contribution in [0.25, 0.3) is 0 Å². The van der Waals surface area contributed by atoms with Gasteiger partial charge >= 0.3 is 0 Å². The van der Waals surface area contributed by atoms with E-state index in [0.29, 0.717) is 6.54 Å². The van der Waals surface area contributed by atoms with Crippen LogP contribution in [0.15, 0.2) is 0 Å². The summed E-state index contributed by atoms with van der Waals surface area (Å²) in [4.78, 5) is 12.1. The van der Waals surface area contributed by atoms with Crippen LogP contribution in [0.1, 0.15) is 53.9 Å². The van der Waals surface area contributed by atoms with Crippen molar-refractivity contribution < 1.29 is 4.79 Å². The molecule has 0 aliphatic heterocycles. The molecule has 0 aromatic heterocycles. The first kappa shape index (κ1) is 15.4. The Morgan fingerprint density at radius 3 is 1.94 bits per heavy atom. The van der Waals surface area contributed by atoms with Crippen molar-refractivity contribution in [3.05, 3.63) is 0 Å². The number of hydrogen-bond acceptors (Lipinski definition) is 2. The molecule has 0 heterocycles. The van der Waals surface area contributed by atoms with E-state index in [-0.39, 0.29) is 16.7 Å². The maximum Gasteiger partial charge on any atom is 0.227 e. The van der Waals surface area contributed by atoms with Crippen molar-refractivity contribution in [3.8, 4) is 0 Å². The highest BCUT2D eigenvalue weighted by Gasteiger charge is 2.33. The molecule has 3 heteroatoms. The number of amides is 1. The molecule has 3 N–H and O–H groups in total. The van der Waals surface area contributed by atoms with Crippen molar-refractivity contribution in [2.24, 2.45) is 16.6 Å². The van der Waals surface area contributed by atoms with E-state index in [4.69, 9.17) is 5.73 Å². The maximum absolute atomic E-state index is 12.1. The normalized spacial score (nSPS) is 12.6. The number of carbonyl (C=O) groups is 1. The molecule has 0 aliphatic rings. The second-order valence-electron chi connectivity index (χ2n) is 5.39. The van der Waals surface area contributed by atoms with Gasteiger partial charge < -0.3 is 11.1 Å². The highest BCUT2D eigenvalue weighted by Crippen LogP contribution is 2.26. The van der Waals surface area contributed by atoms with Crippen LogP contribution in [-0.2, 0) is 4.79 Å². The third kappa shape index (κ3) is 3.78. The van der Waals surface area contributed by atoms with Gasteiger partial charge in [0, 0.05) is 13.1 Å². The average molecular weight is 228 g/mol. The first-order valence-corrected chi connectivity index (χ1v) is 6.36. The zero-order chi connectivity index (χ0) is 12.8. The smallest absolute Gasteiger partial charge is 0.227 e. The highest BCUT2D eigenvalue weighted by molar-refractivity contribution is 5.82. The monoisotopic (exact) mass is 228 g/mol. The van der Waals surface area contributed by atoms with Gasteiger partial charge in [0.25, 0.3) is 0 Å². The third-order valence-electron chi connectivity index (χ3n) is 3.91. The molecule has 0 aromatic rings. The molecule has 0 radical (unpaired) electrons. The average Bonchev–Trinajstić information content (AvgIpc) is 2.29. The highest BCUT2D eigenvalue weighted by atomic mass is 16.2. The lowest BCUT2D eigenvalue weighted by Crippen LogP contribution is -2.47. The van der Waals surface area contributed by atoms with E-state index in [2.05, 4.69) is 26.1 Å². The summed E-state index contributed by atoms with van der Waals surface area (Å²) in [5.41, 5.74) is 5.53. The largest absolute Gasteiger partial charge is 0.355 e. The molecule has 0 aromatic carbocycles. The Kier molecular flexibility index (Phi) is 6.01. The van der Waals surface area contributed by atoms with Crippen molar-refractivity contribution in [1.29, 1.82) is 0 Å². The van der Waals surface area contributed by atoms with Gasteiger partial charge in [0.05, 0.1) is 5.41 Å². The molecule has 16 heavy (non-hydrogen) atoms. The number of nitrogens with two attached hydrogens (primary N) is 1. The quantitative estimate of drug-likeness (QED) is 0.702. The van der Waals surface area contributed by atoms with Crippen LogP contribution < -0.4 is 11.1 Å². The molecular weight excluding hydrogens is 200 g/mol. The van der Waals surface area contributed by atoms with Crippen LogP contribution >= 0.6 is 0 Å². The Morgan fingerprint density at radius 2 is 1.62 bits per heavy atom. The van der Waals surface area contributed by atoms with E-state index in [1.165, 1.54) is 0 Å². The van der Waals surface area contributed by atoms with Crippen molar-refractivity contribution >= 4 is 5.91 Å². The molecule has 0 fully saturated rings. The van der Waals surface area contributed by atoms with Gasteiger partial charge in [0.2, 0.25) is 5.91 Å². The van der Waals surface area contributed by atoms with E-state index in [0.717, 1.165) is 25.8 Å². The van der Waals surface area contributed by atoms with Crippen molar-refractivity contribution in [2.45, 2.75) is 53.9 Å². The predicted octanol–water partition coefficient (Wildman–Crippen LogP) is 2.30. The van der Waals surface area contributed by atoms with Gasteiger partial charge in [-0.05, 0) is 24.7 Å². The van der Waals surface area contributed by atoms with Gasteiger partial charge in [-0.15, -0.1) is 0 Å². The minimum Gasteiger partial charge on any atom is -0.355 e. The van der Waals surface area contributed by atoms with Crippen LogP contribution in [0.3, 0.4) is 0 Å². The van der Waals surface area contributed by atoms with Gasteiger partial charge in [-0.3, -0.25) is 4.79 Å². The molecule has 96 valence electrons. The maximum atomic E-state index is 12.1. The fraction of sp³-hybridized carbons (Fsp3) is 0.923. The minimum absolute atomic E-state index is 0.113. The number of nitrogens with one attached hydrogen (secondary N) is 1. The Balaban J connectivity index is 4.44. The number of rotatable bonds is 7. The lowest BCUT2D eigenvalue weighted by Gasteiger charge is -2.31. The number of carbonyl (C=O) groups excluding carboxylic acids is 1. The second-order valence-corrected chi connectivity index (χ2v) is 5.39. The molecule has 1 amide bonds. The molecule has 0 unspecified atom stereocenters. The van der Waals surface area contributed by atoms with Gasteiger partial charge in [0.1, 0.15) is 0 Å². The predicted molar refractivity (Wildman–Crippen MR) is 69.2 cm³/mol. The molecule has 0 aliphatic carbocycles. The zero-order valence-electron chi connectivity index (χ0n) is 11.5. The zero-order valence-corrected chi connectivity index (χ0v) is 11.5. The minimum atomic E-state index is -0.371. The van der Waals surface area contributed by atoms with Gasteiger partial charge in [-0.25, -0.2) is 0 Å². The first-order valence-electron chi connectivity index (χ1n) is 6.36. The Morgan fingerprint density at radius 1 is 1.12 bits per heavy atom. The standard InChI is InChI=1S/C13H28N2O/c1-6-12(4,5)10-15-11(16)13(7-2,8-3)9-14/h6-10,14H2,1-5H3,(H,15,16). The summed E-state index contributed by atoms with van der Waals surface area (Å²) in [5.74, 6) is 0.113. The summed E-state index contributed by atoms with van der Waals surface area (Å²) in [6, 6.07) is 0. The van der Waals surface area contributed by atoms with Crippen molar-refractivity contribution in [3.63, 3.8) is 0 Å². The fourth-order valence-electron chi connectivity index (χ4n) is 1.58. The van der Waals surface area contributed by atoms with E-state index in [9.17, 15) is 4.79 Å². The van der Waals surface area contributed by atoms with Crippen molar-refractivity contribution in [1.82, 2.24) is 5.32 Å². The lowest BCUT2D eigenvalue weighted by atomic mass is 9.81. The Bertz CT molecular complexity index is 212. The Hall–Kier alpha value is -0.570. The van der Waals surface area contributed by atoms with Crippen LogP contribution in [0, 0.1) is 10.8 Å². The summed E-state index contributed by atoms with van der Waals surface area (Å²) >= 11 is 0. The molecule has 0 rings (SSSR count). The van der Waals surface area contributed by atoms with E-state index in [1.807, 2.05) is 13.8 Å². The van der Waals surface area contributed by atoms with Crippen LogP contribution in [-0.4, -0.2) is 19.0 Å². The SMILES string of the molecule is CCC(C)(C)CNC(=O)C(CC)(CC)CN. The van der Waals surface area contributed by atoms with Crippen molar-refractivity contribution in [2.75, 3.05) is 13.1 Å². The van der Waals surface area contributed by atoms with Crippen LogP contribution in [0.5, 0.6) is 0 Å². The number of hydrogen-bond donors (Lipinski definition) is 2. The van der Waals surface area contributed by atoms with Gasteiger partial charge in [-0.2, -0.15) is 0 Å². The lowest BCUT2D eigenvalue weighted by molar-refractivity contribution is -0.131. The van der Waals surface area contributed by atoms with Crippen LogP contribution in [0.4, 0.5) is 0 Å². The molecule has 0 saturated carbocycles. The molecule has 0 spiro atoms. The summed E-state index contributed by atoms with van der Waals surface area (Å²) in [6.07, 6.45) is 2.66. The van der Waals surface area contributed by atoms with E-state index >= 15 is 0 Å². The molecule has 3 nitrogen and oxygen atoms in total. The van der Waals surface area contributed by atoms with E-state index < -0.39 is 0 Å². The fourth-order valence-corrected chi connectivity index (χ4v) is 1.58. The molecular formula is C13H28N2O. The third-order valence-corrected chi connectivity index (χ3v) is 3.91. The summed E-state index contributed by atoms with van der Waals surface area (Å²) in [6.45, 7) is 11.7.